The van der Waals surface area contributed by atoms with Crippen LogP contribution in [0.5, 0.6) is 5.75 Å². The lowest BCUT2D eigenvalue weighted by Gasteiger charge is -2.20. The molecule has 0 saturated heterocycles. The van der Waals surface area contributed by atoms with E-state index in [0.717, 1.165) is 10.0 Å². The molecule has 2 N–H and O–H groups in total. The number of ether oxygens (including phenoxy) is 1. The zero-order valence-electron chi connectivity index (χ0n) is 15.1. The highest BCUT2D eigenvalue weighted by atomic mass is 79.9. The third-order valence-corrected chi connectivity index (χ3v) is 7.60. The van der Waals surface area contributed by atoms with Crippen LogP contribution in [0.25, 0.3) is 0 Å². The van der Waals surface area contributed by atoms with Crippen LogP contribution in [0, 0.1) is 0 Å². The van der Waals surface area contributed by atoms with Crippen molar-refractivity contribution < 1.29 is 23.1 Å². The molecule has 28 heavy (non-hydrogen) atoms. The summed E-state index contributed by atoms with van der Waals surface area (Å²) in [5, 5.41) is 9.37. The molecule has 8 heteroatoms. The van der Waals surface area contributed by atoms with E-state index in [0.29, 0.717) is 24.2 Å². The molecule has 1 saturated carbocycles. The van der Waals surface area contributed by atoms with Crippen LogP contribution in [-0.2, 0) is 14.8 Å². The highest BCUT2D eigenvalue weighted by molar-refractivity contribution is 9.10. The van der Waals surface area contributed by atoms with Gasteiger partial charge in [-0.1, -0.05) is 34.1 Å². The van der Waals surface area contributed by atoms with Crippen molar-refractivity contribution in [2.75, 3.05) is 0 Å². The SMILES string of the molecule is CC(C(=O)O)c1cccc2c1OC1CCC(NS(=O)(=O)c3ccc(Br)cc3)C21. The Morgan fingerprint density at radius 2 is 1.93 bits per heavy atom. The lowest BCUT2D eigenvalue weighted by molar-refractivity contribution is -0.138. The Kier molecular flexibility index (Phi) is 4.97. The highest BCUT2D eigenvalue weighted by Crippen LogP contribution is 2.50. The van der Waals surface area contributed by atoms with Crippen LogP contribution in [0.1, 0.15) is 42.7 Å². The molecular weight excluding hydrogens is 446 g/mol. The average molecular weight is 466 g/mol. The van der Waals surface area contributed by atoms with E-state index in [-0.39, 0.29) is 23.0 Å². The van der Waals surface area contributed by atoms with Gasteiger partial charge in [-0.2, -0.15) is 0 Å². The summed E-state index contributed by atoms with van der Waals surface area (Å²) >= 11 is 3.31. The zero-order chi connectivity index (χ0) is 20.1. The molecule has 4 atom stereocenters. The summed E-state index contributed by atoms with van der Waals surface area (Å²) in [6.07, 6.45) is 1.24. The van der Waals surface area contributed by atoms with Crippen molar-refractivity contribution in [1.29, 1.82) is 0 Å². The third-order valence-electron chi connectivity index (χ3n) is 5.57. The van der Waals surface area contributed by atoms with Gasteiger partial charge in [-0.3, -0.25) is 4.79 Å². The summed E-state index contributed by atoms with van der Waals surface area (Å²) in [6, 6.07) is 11.7. The number of rotatable bonds is 5. The van der Waals surface area contributed by atoms with E-state index in [2.05, 4.69) is 20.7 Å². The summed E-state index contributed by atoms with van der Waals surface area (Å²) < 4.78 is 35.4. The second-order valence-corrected chi connectivity index (χ2v) is 9.90. The van der Waals surface area contributed by atoms with E-state index >= 15 is 0 Å². The number of sulfonamides is 1. The van der Waals surface area contributed by atoms with Gasteiger partial charge in [-0.15, -0.1) is 0 Å². The Morgan fingerprint density at radius 3 is 2.61 bits per heavy atom. The minimum atomic E-state index is -3.66. The molecule has 2 aromatic rings. The number of para-hydroxylation sites is 1. The Hall–Kier alpha value is -1.90. The Morgan fingerprint density at radius 1 is 1.21 bits per heavy atom. The normalized spacial score (nSPS) is 24.3. The third kappa shape index (κ3) is 3.33. The molecule has 1 fully saturated rings. The van der Waals surface area contributed by atoms with E-state index in [1.165, 1.54) is 0 Å². The fourth-order valence-corrected chi connectivity index (χ4v) is 5.68. The molecule has 148 valence electrons. The van der Waals surface area contributed by atoms with Crippen LogP contribution in [-0.4, -0.2) is 31.6 Å². The van der Waals surface area contributed by atoms with E-state index in [4.69, 9.17) is 4.74 Å². The number of hydrogen-bond acceptors (Lipinski definition) is 4. The lowest BCUT2D eigenvalue weighted by Crippen LogP contribution is -2.37. The van der Waals surface area contributed by atoms with Gasteiger partial charge in [0.2, 0.25) is 10.0 Å². The average Bonchev–Trinajstić information content (AvgIpc) is 3.21. The predicted octanol–water partition coefficient (Wildman–Crippen LogP) is 3.62. The summed E-state index contributed by atoms with van der Waals surface area (Å²) in [4.78, 5) is 11.6. The predicted molar refractivity (Wildman–Crippen MR) is 107 cm³/mol. The van der Waals surface area contributed by atoms with Crippen LogP contribution in [0.3, 0.4) is 0 Å². The van der Waals surface area contributed by atoms with Crippen molar-refractivity contribution in [3.63, 3.8) is 0 Å². The van der Waals surface area contributed by atoms with Gasteiger partial charge < -0.3 is 9.84 Å². The number of carboxylic acids is 1. The number of nitrogens with one attached hydrogen (secondary N) is 1. The van der Waals surface area contributed by atoms with Crippen LogP contribution < -0.4 is 9.46 Å². The van der Waals surface area contributed by atoms with Crippen molar-refractivity contribution >= 4 is 31.9 Å². The van der Waals surface area contributed by atoms with Gasteiger partial charge in [0, 0.05) is 27.6 Å². The standard InChI is InChI=1S/C20H20BrNO5S/c1-11(20(23)24)14-3-2-4-15-18-16(9-10-17(18)27-19(14)15)22-28(25,26)13-7-5-12(21)6-8-13/h2-8,11,16-18,22H,9-10H2,1H3,(H,23,24). The molecule has 1 heterocycles. The van der Waals surface area contributed by atoms with Gasteiger partial charge in [0.25, 0.3) is 0 Å². The molecule has 0 amide bonds. The number of fused-ring (bicyclic) bond motifs is 3. The Balaban J connectivity index is 1.64. The monoisotopic (exact) mass is 465 g/mol. The number of halogens is 1. The van der Waals surface area contributed by atoms with E-state index < -0.39 is 21.9 Å². The maximum atomic E-state index is 12.8. The van der Waals surface area contributed by atoms with Crippen molar-refractivity contribution in [3.05, 3.63) is 58.1 Å². The van der Waals surface area contributed by atoms with Gasteiger partial charge in [0.05, 0.1) is 10.8 Å². The molecular formula is C20H20BrNO5S. The first kappa shape index (κ1) is 19.4. The van der Waals surface area contributed by atoms with Gasteiger partial charge in [0.15, 0.2) is 0 Å². The number of hydrogen-bond donors (Lipinski definition) is 2. The minimum Gasteiger partial charge on any atom is -0.489 e. The first-order chi connectivity index (χ1) is 13.3. The largest absolute Gasteiger partial charge is 0.489 e. The Bertz CT molecular complexity index is 1020. The van der Waals surface area contributed by atoms with Gasteiger partial charge in [-0.05, 0) is 44.0 Å². The molecule has 4 rings (SSSR count). The quantitative estimate of drug-likeness (QED) is 0.703. The van der Waals surface area contributed by atoms with E-state index in [1.807, 2.05) is 12.1 Å². The summed E-state index contributed by atoms with van der Waals surface area (Å²) in [5.74, 6) is -1.13. The summed E-state index contributed by atoms with van der Waals surface area (Å²) in [5.41, 5.74) is 1.52. The number of carbonyl (C=O) groups is 1. The topological polar surface area (TPSA) is 92.7 Å². The molecule has 6 nitrogen and oxygen atoms in total. The fourth-order valence-electron chi connectivity index (χ4n) is 4.12. The molecule has 0 aromatic heterocycles. The number of benzene rings is 2. The van der Waals surface area contributed by atoms with Crippen molar-refractivity contribution in [1.82, 2.24) is 4.72 Å². The fraction of sp³-hybridized carbons (Fsp3) is 0.350. The minimum absolute atomic E-state index is 0.124. The molecule has 4 unspecified atom stereocenters. The molecule has 1 aliphatic carbocycles. The van der Waals surface area contributed by atoms with Crippen LogP contribution in [0.15, 0.2) is 51.8 Å². The first-order valence-corrected chi connectivity index (χ1v) is 11.4. The first-order valence-electron chi connectivity index (χ1n) is 9.08. The molecule has 1 aliphatic heterocycles. The lowest BCUT2D eigenvalue weighted by atomic mass is 9.90. The maximum Gasteiger partial charge on any atom is 0.310 e. The maximum absolute atomic E-state index is 12.8. The van der Waals surface area contributed by atoms with Gasteiger partial charge >= 0.3 is 5.97 Å². The molecule has 2 aliphatic rings. The van der Waals surface area contributed by atoms with Gasteiger partial charge in [-0.25, -0.2) is 13.1 Å². The van der Waals surface area contributed by atoms with Gasteiger partial charge in [0.1, 0.15) is 11.9 Å². The zero-order valence-corrected chi connectivity index (χ0v) is 17.5. The van der Waals surface area contributed by atoms with E-state index in [1.54, 1.807) is 37.3 Å². The van der Waals surface area contributed by atoms with Crippen LogP contribution >= 0.6 is 15.9 Å². The number of aliphatic carboxylic acids is 1. The van der Waals surface area contributed by atoms with Crippen molar-refractivity contribution in [2.45, 2.75) is 48.6 Å². The van der Waals surface area contributed by atoms with Crippen molar-refractivity contribution in [2.24, 2.45) is 0 Å². The summed E-state index contributed by atoms with van der Waals surface area (Å²) in [7, 11) is -3.66. The smallest absolute Gasteiger partial charge is 0.310 e. The van der Waals surface area contributed by atoms with Crippen LogP contribution in [0.2, 0.25) is 0 Å². The van der Waals surface area contributed by atoms with Crippen molar-refractivity contribution in [3.8, 4) is 5.75 Å². The molecule has 0 bridgehead atoms. The molecule has 0 spiro atoms. The highest BCUT2D eigenvalue weighted by Gasteiger charge is 2.47. The second kappa shape index (κ2) is 7.17. The second-order valence-electron chi connectivity index (χ2n) is 7.27. The molecule has 2 aromatic carbocycles. The Labute approximate surface area is 172 Å². The van der Waals surface area contributed by atoms with Crippen LogP contribution in [0.4, 0.5) is 0 Å². The molecule has 0 radical (unpaired) electrons. The van der Waals surface area contributed by atoms with E-state index in [9.17, 15) is 18.3 Å². The number of carboxylic acid groups (broad SMARTS) is 1. The summed E-state index contributed by atoms with van der Waals surface area (Å²) in [6.45, 7) is 1.63.